The Morgan fingerprint density at radius 3 is 2.71 bits per heavy atom. The number of carbonyl (C=O) groups excluding carboxylic acids is 1. The summed E-state index contributed by atoms with van der Waals surface area (Å²) in [5, 5.41) is 37.3. The van der Waals surface area contributed by atoms with Gasteiger partial charge in [-0.05, 0) is 61.1 Å². The van der Waals surface area contributed by atoms with E-state index in [1.807, 2.05) is 25.1 Å². The highest BCUT2D eigenvalue weighted by atomic mass is 16.6. The number of imidazole rings is 1. The quantitative estimate of drug-likeness (QED) is 0.207. The van der Waals surface area contributed by atoms with E-state index in [-0.39, 0.29) is 47.5 Å². The monoisotopic (exact) mass is 702 g/mol. The van der Waals surface area contributed by atoms with Gasteiger partial charge in [0.25, 0.3) is 5.95 Å². The fraction of sp³-hybridized carbons (Fsp3) is 0.583. The lowest BCUT2D eigenvalue weighted by atomic mass is 9.43. The number of nitrogens with one attached hydrogen (secondary N) is 1. The number of aromatic hydroxyl groups is 1. The number of epoxide rings is 1. The molecule has 51 heavy (non-hydrogen) atoms. The van der Waals surface area contributed by atoms with Crippen molar-refractivity contribution < 1.29 is 34.0 Å². The van der Waals surface area contributed by atoms with E-state index in [9.17, 15) is 20.1 Å². The van der Waals surface area contributed by atoms with Gasteiger partial charge in [-0.25, -0.2) is 9.97 Å². The highest BCUT2D eigenvalue weighted by Gasteiger charge is 2.71. The zero-order valence-corrected chi connectivity index (χ0v) is 29.2. The number of amides is 1. The lowest BCUT2D eigenvalue weighted by molar-refractivity contribution is -0.197. The molecule has 2 saturated carbocycles. The summed E-state index contributed by atoms with van der Waals surface area (Å²) in [6.45, 7) is 7.69. The Morgan fingerprint density at radius 1 is 1.22 bits per heavy atom. The second kappa shape index (κ2) is 12.5. The maximum Gasteiger partial charge on any atom is 0.302 e. The molecule has 0 aromatic carbocycles. The molecule has 15 nitrogen and oxygen atoms in total. The van der Waals surface area contributed by atoms with E-state index >= 15 is 0 Å². The lowest BCUT2D eigenvalue weighted by Gasteiger charge is -2.64. The summed E-state index contributed by atoms with van der Waals surface area (Å²) in [6.07, 6.45) is 5.42. The molecule has 1 amide bonds. The molecule has 3 aromatic heterocycles. The summed E-state index contributed by atoms with van der Waals surface area (Å²) in [5.74, 6) is -0.0331. The van der Waals surface area contributed by atoms with Crippen molar-refractivity contribution in [2.45, 2.75) is 63.3 Å². The Bertz CT molecular complexity index is 1970. The van der Waals surface area contributed by atoms with Gasteiger partial charge in [-0.15, -0.1) is 0 Å². The normalized spacial score (nSPS) is 34.4. The predicted molar refractivity (Wildman–Crippen MR) is 184 cm³/mol. The van der Waals surface area contributed by atoms with Crippen LogP contribution in [0, 0.1) is 22.7 Å². The Hall–Kier alpha value is -4.15. The zero-order chi connectivity index (χ0) is 35.7. The van der Waals surface area contributed by atoms with Crippen LogP contribution in [0.15, 0.2) is 44.9 Å². The van der Waals surface area contributed by atoms with Gasteiger partial charge in [-0.2, -0.15) is 9.98 Å². The van der Waals surface area contributed by atoms with Crippen molar-refractivity contribution in [3.05, 3.63) is 58.4 Å². The van der Waals surface area contributed by atoms with E-state index in [1.54, 1.807) is 30.0 Å². The fourth-order valence-corrected chi connectivity index (χ4v) is 9.80. The number of aliphatic hydroxyl groups is 2. The molecule has 2 saturated heterocycles. The van der Waals surface area contributed by atoms with Crippen molar-refractivity contribution in [1.82, 2.24) is 19.4 Å². The molecule has 2 aliphatic carbocycles. The van der Waals surface area contributed by atoms with Crippen molar-refractivity contribution in [2.75, 3.05) is 44.8 Å². The number of morpholine rings is 1. The van der Waals surface area contributed by atoms with Crippen molar-refractivity contribution in [3.8, 4) is 5.95 Å². The molecular weight excluding hydrogens is 656 g/mol. The van der Waals surface area contributed by atoms with Crippen molar-refractivity contribution >= 4 is 23.8 Å². The Morgan fingerprint density at radius 2 is 2.00 bits per heavy atom. The summed E-state index contributed by atoms with van der Waals surface area (Å²) in [5.41, 5.74) is 5.56. The first kappa shape index (κ1) is 34.0. The fourth-order valence-electron chi connectivity index (χ4n) is 9.80. The van der Waals surface area contributed by atoms with Crippen LogP contribution in [-0.2, 0) is 16.5 Å². The largest absolute Gasteiger partial charge is 0.480 e. The maximum atomic E-state index is 12.5. The van der Waals surface area contributed by atoms with Crippen LogP contribution in [0.5, 0.6) is 5.95 Å². The van der Waals surface area contributed by atoms with Crippen LogP contribution in [0.1, 0.15) is 67.4 Å². The summed E-state index contributed by atoms with van der Waals surface area (Å²) in [4.78, 5) is 31.8. The number of nitrogens with two attached hydrogens (primary N) is 1. The molecule has 272 valence electrons. The molecule has 3 aliphatic heterocycles. The standard InChI is InChI=1S/C36H46N8O7/c1-34-8-7-26(46)35(2,18-45)23(34)17-25(44-10-12-49-13-11-44)36(19-50-36)24(34)16-22(39-27-6-4-5-9-38-27)21-14-20(51-32(21)48)15-28-40-29-30(43(28)3)41-33(37)42-31(29)47/h4-6,9,14-15,22-26,45-46,48H,7-8,10-13,16-19H2,1-3H3,(H,38,39)(H2,37,42,47)/t22?,23?,24?,25?,26-,34+,35+,36?/m1/s1. The second-order valence-electron chi connectivity index (χ2n) is 15.3. The number of aliphatic hydroxyl groups excluding tert-OH is 2. The van der Waals surface area contributed by atoms with E-state index in [2.05, 4.69) is 37.1 Å². The lowest BCUT2D eigenvalue weighted by Crippen LogP contribution is -2.67. The van der Waals surface area contributed by atoms with Crippen molar-refractivity contribution in [2.24, 2.45) is 45.4 Å². The van der Waals surface area contributed by atoms with Gasteiger partial charge in [-0.3, -0.25) is 9.69 Å². The van der Waals surface area contributed by atoms with E-state index in [0.29, 0.717) is 60.8 Å². The number of hydrogen-bond donors (Lipinski definition) is 5. The number of aromatic nitrogens is 3. The Labute approximate surface area is 294 Å². The van der Waals surface area contributed by atoms with Gasteiger partial charge < -0.3 is 44.8 Å². The number of ether oxygens (including phenoxy) is 2. The van der Waals surface area contributed by atoms with Crippen LogP contribution >= 0.6 is 0 Å². The molecule has 5 unspecified atom stereocenters. The summed E-state index contributed by atoms with van der Waals surface area (Å²) in [6, 6.07) is 7.01. The van der Waals surface area contributed by atoms with Gasteiger partial charge in [-0.1, -0.05) is 19.9 Å². The number of furan rings is 1. The van der Waals surface area contributed by atoms with Crippen LogP contribution in [0.25, 0.3) is 6.08 Å². The number of pyridine rings is 1. The number of guanidine groups is 1. The van der Waals surface area contributed by atoms with Crippen LogP contribution in [-0.4, -0.2) is 104 Å². The smallest absolute Gasteiger partial charge is 0.302 e. The predicted octanol–water partition coefficient (Wildman–Crippen LogP) is 0.839. The van der Waals surface area contributed by atoms with Crippen LogP contribution < -0.4 is 22.0 Å². The first-order valence-corrected chi connectivity index (χ1v) is 17.7. The third-order valence-corrected chi connectivity index (χ3v) is 12.6. The maximum absolute atomic E-state index is 12.5. The number of anilines is 1. The van der Waals surface area contributed by atoms with Crippen LogP contribution in [0.3, 0.4) is 0 Å². The number of nitrogens with zero attached hydrogens (tertiary/aromatic N) is 6. The second-order valence-corrected chi connectivity index (χ2v) is 15.3. The molecular formula is C36H46N8O7. The minimum absolute atomic E-state index is 0.00403. The molecule has 4 fully saturated rings. The molecule has 6 N–H and O–H groups in total. The number of hydrogen-bond acceptors (Lipinski definition) is 13. The minimum atomic E-state index is -0.694. The zero-order valence-electron chi connectivity index (χ0n) is 29.2. The van der Waals surface area contributed by atoms with Crippen LogP contribution in [0.2, 0.25) is 0 Å². The Balaban J connectivity index is 1.21. The Kier molecular flexibility index (Phi) is 8.33. The third-order valence-electron chi connectivity index (χ3n) is 12.6. The highest BCUT2D eigenvalue weighted by molar-refractivity contribution is 6.03. The van der Waals surface area contributed by atoms with Gasteiger partial charge in [0.1, 0.15) is 22.7 Å². The van der Waals surface area contributed by atoms with Crippen molar-refractivity contribution in [1.29, 1.82) is 0 Å². The molecule has 8 atom stereocenters. The van der Waals surface area contributed by atoms with E-state index in [0.717, 1.165) is 25.9 Å². The molecule has 1 spiro atoms. The third kappa shape index (κ3) is 5.57. The van der Waals surface area contributed by atoms with E-state index in [4.69, 9.17) is 19.6 Å². The molecule has 5 aliphatic rings. The number of carbonyl (C=O) groups is 1. The minimum Gasteiger partial charge on any atom is -0.480 e. The highest BCUT2D eigenvalue weighted by Crippen LogP contribution is 2.67. The molecule has 3 aromatic rings. The van der Waals surface area contributed by atoms with E-state index < -0.39 is 29.1 Å². The topological polar surface area (TPSA) is 209 Å². The summed E-state index contributed by atoms with van der Waals surface area (Å²) in [7, 11) is 1.71. The summed E-state index contributed by atoms with van der Waals surface area (Å²) >= 11 is 0. The number of rotatable bonds is 8. The van der Waals surface area contributed by atoms with E-state index in [1.165, 1.54) is 0 Å². The molecule has 6 heterocycles. The van der Waals surface area contributed by atoms with Crippen molar-refractivity contribution in [3.63, 3.8) is 0 Å². The van der Waals surface area contributed by atoms with Crippen LogP contribution in [0.4, 0.5) is 5.82 Å². The average Bonchev–Trinajstić information content (AvgIpc) is 3.73. The van der Waals surface area contributed by atoms with Gasteiger partial charge in [0.05, 0.1) is 44.1 Å². The average molecular weight is 703 g/mol. The number of fused-ring (bicyclic) bond motifs is 2. The molecule has 0 bridgehead atoms. The number of aliphatic imine (C=N–C) groups is 1. The first-order chi connectivity index (χ1) is 24.5. The van der Waals surface area contributed by atoms with Gasteiger partial charge in [0.2, 0.25) is 5.96 Å². The van der Waals surface area contributed by atoms with Gasteiger partial charge in [0, 0.05) is 43.9 Å². The van der Waals surface area contributed by atoms with Gasteiger partial charge in [0.15, 0.2) is 11.2 Å². The molecule has 15 heteroatoms. The summed E-state index contributed by atoms with van der Waals surface area (Å²) < 4.78 is 19.9. The molecule has 8 rings (SSSR count). The SMILES string of the molecule is Cn1c(=Cc2cc(C(CC3C4(CO4)C(N4CCOCC4)CC4[C@]3(C)CC[C@@H](O)[C@@]4(C)CO)Nc3ccccn3)c(O)o2)nc2c1=NC(N)=NC2=O. The molecule has 0 radical (unpaired) electrons. The first-order valence-electron chi connectivity index (χ1n) is 17.7. The van der Waals surface area contributed by atoms with Gasteiger partial charge >= 0.3 is 5.91 Å².